The second kappa shape index (κ2) is 2.81. The van der Waals surface area contributed by atoms with Gasteiger partial charge in [0.1, 0.15) is 5.52 Å². The van der Waals surface area contributed by atoms with Crippen LogP contribution in [0.25, 0.3) is 10.9 Å². The van der Waals surface area contributed by atoms with Crippen molar-refractivity contribution in [3.05, 3.63) is 29.7 Å². The molecule has 0 saturated carbocycles. The molecule has 2 N–H and O–H groups in total. The summed E-state index contributed by atoms with van der Waals surface area (Å²) in [5.41, 5.74) is 6.27. The minimum Gasteiger partial charge on any atom is -0.326 e. The molecular formula is C9H10FN3. The maximum Gasteiger partial charge on any atom is 0.155 e. The van der Waals surface area contributed by atoms with Gasteiger partial charge in [-0.05, 0) is 0 Å². The highest BCUT2D eigenvalue weighted by Crippen LogP contribution is 2.18. The maximum atomic E-state index is 13.5. The molecule has 0 aliphatic carbocycles. The van der Waals surface area contributed by atoms with Crippen LogP contribution in [0.1, 0.15) is 5.56 Å². The van der Waals surface area contributed by atoms with E-state index >= 15 is 0 Å². The van der Waals surface area contributed by atoms with Gasteiger partial charge in [-0.15, -0.1) is 0 Å². The van der Waals surface area contributed by atoms with E-state index in [9.17, 15) is 4.39 Å². The second-order valence-corrected chi connectivity index (χ2v) is 2.98. The van der Waals surface area contributed by atoms with Gasteiger partial charge in [0.25, 0.3) is 0 Å². The normalized spacial score (nSPS) is 11.0. The Bertz CT molecular complexity index is 447. The van der Waals surface area contributed by atoms with Crippen molar-refractivity contribution >= 4 is 10.9 Å². The van der Waals surface area contributed by atoms with E-state index in [2.05, 4.69) is 5.10 Å². The molecule has 1 aromatic heterocycles. The van der Waals surface area contributed by atoms with Crippen LogP contribution in [-0.2, 0) is 13.6 Å². The van der Waals surface area contributed by atoms with Crippen LogP contribution < -0.4 is 5.73 Å². The summed E-state index contributed by atoms with van der Waals surface area (Å²) in [6, 6.07) is 3.52. The van der Waals surface area contributed by atoms with E-state index in [1.165, 1.54) is 0 Å². The van der Waals surface area contributed by atoms with Crippen LogP contribution in [0, 0.1) is 5.82 Å². The van der Waals surface area contributed by atoms with Gasteiger partial charge < -0.3 is 5.73 Å². The zero-order chi connectivity index (χ0) is 9.42. The lowest BCUT2D eigenvalue weighted by Crippen LogP contribution is -1.99. The van der Waals surface area contributed by atoms with Crippen molar-refractivity contribution in [1.29, 1.82) is 0 Å². The highest BCUT2D eigenvalue weighted by molar-refractivity contribution is 5.79. The summed E-state index contributed by atoms with van der Waals surface area (Å²) >= 11 is 0. The third kappa shape index (κ3) is 1.19. The monoisotopic (exact) mass is 179 g/mol. The zero-order valence-electron chi connectivity index (χ0n) is 7.29. The van der Waals surface area contributed by atoms with Crippen molar-refractivity contribution in [2.75, 3.05) is 0 Å². The predicted molar refractivity (Wildman–Crippen MR) is 48.6 cm³/mol. The van der Waals surface area contributed by atoms with Crippen LogP contribution in [0.2, 0.25) is 0 Å². The summed E-state index contributed by atoms with van der Waals surface area (Å²) in [7, 11) is 1.77. The van der Waals surface area contributed by atoms with Gasteiger partial charge in [-0.3, -0.25) is 4.68 Å². The SMILES string of the molecule is Cn1cc2ccc(CN)c(F)c2n1. The van der Waals surface area contributed by atoms with Crippen molar-refractivity contribution in [3.63, 3.8) is 0 Å². The van der Waals surface area contributed by atoms with E-state index in [0.29, 0.717) is 11.1 Å². The van der Waals surface area contributed by atoms with Gasteiger partial charge in [-0.1, -0.05) is 12.1 Å². The smallest absolute Gasteiger partial charge is 0.155 e. The summed E-state index contributed by atoms with van der Waals surface area (Å²) in [5.74, 6) is -0.305. The molecule has 0 atom stereocenters. The Balaban J connectivity index is 2.78. The fourth-order valence-corrected chi connectivity index (χ4v) is 1.37. The van der Waals surface area contributed by atoms with E-state index in [-0.39, 0.29) is 12.4 Å². The van der Waals surface area contributed by atoms with Crippen LogP contribution in [0.3, 0.4) is 0 Å². The molecule has 1 aromatic carbocycles. The molecule has 68 valence electrons. The summed E-state index contributed by atoms with van der Waals surface area (Å²) < 4.78 is 15.1. The number of halogens is 1. The van der Waals surface area contributed by atoms with Gasteiger partial charge in [-0.2, -0.15) is 5.10 Å². The topological polar surface area (TPSA) is 43.8 Å². The molecule has 0 unspecified atom stereocenters. The lowest BCUT2D eigenvalue weighted by atomic mass is 10.1. The van der Waals surface area contributed by atoms with Gasteiger partial charge in [-0.25, -0.2) is 4.39 Å². The molecule has 4 heteroatoms. The van der Waals surface area contributed by atoms with E-state index in [0.717, 1.165) is 5.39 Å². The lowest BCUT2D eigenvalue weighted by molar-refractivity contribution is 0.616. The predicted octanol–water partition coefficient (Wildman–Crippen LogP) is 1.17. The summed E-state index contributed by atoms with van der Waals surface area (Å²) in [6.07, 6.45) is 1.78. The molecule has 13 heavy (non-hydrogen) atoms. The molecule has 0 fully saturated rings. The molecule has 0 aliphatic rings. The van der Waals surface area contributed by atoms with Crippen LogP contribution in [0.15, 0.2) is 18.3 Å². The molecule has 0 saturated heterocycles. The van der Waals surface area contributed by atoms with Crippen LogP contribution >= 0.6 is 0 Å². The summed E-state index contributed by atoms with van der Waals surface area (Å²) in [4.78, 5) is 0. The first-order valence-corrected chi connectivity index (χ1v) is 4.03. The highest BCUT2D eigenvalue weighted by Gasteiger charge is 2.08. The van der Waals surface area contributed by atoms with Gasteiger partial charge in [0.2, 0.25) is 0 Å². The Hall–Kier alpha value is -1.42. The minimum atomic E-state index is -0.305. The molecular weight excluding hydrogens is 169 g/mol. The van der Waals surface area contributed by atoms with E-state index in [1.807, 2.05) is 6.07 Å². The molecule has 0 spiro atoms. The Labute approximate surface area is 75.0 Å². The van der Waals surface area contributed by atoms with Crippen molar-refractivity contribution in [2.24, 2.45) is 12.8 Å². The van der Waals surface area contributed by atoms with Gasteiger partial charge >= 0.3 is 0 Å². The standard InChI is InChI=1S/C9H10FN3/c1-13-5-7-3-2-6(4-11)8(10)9(7)12-13/h2-3,5H,4,11H2,1H3. The average molecular weight is 179 g/mol. The molecule has 2 rings (SSSR count). The lowest BCUT2D eigenvalue weighted by Gasteiger charge is -1.98. The molecule has 0 bridgehead atoms. The van der Waals surface area contributed by atoms with E-state index in [1.54, 1.807) is 24.0 Å². The van der Waals surface area contributed by atoms with Gasteiger partial charge in [0, 0.05) is 30.7 Å². The molecule has 1 heterocycles. The third-order valence-corrected chi connectivity index (χ3v) is 2.03. The summed E-state index contributed by atoms with van der Waals surface area (Å²) in [6.45, 7) is 0.207. The number of nitrogens with zero attached hydrogens (tertiary/aromatic N) is 2. The molecule has 0 aliphatic heterocycles. The fourth-order valence-electron chi connectivity index (χ4n) is 1.37. The zero-order valence-corrected chi connectivity index (χ0v) is 7.29. The molecule has 2 aromatic rings. The van der Waals surface area contributed by atoms with Crippen LogP contribution in [0.5, 0.6) is 0 Å². The number of nitrogens with two attached hydrogens (primary N) is 1. The average Bonchev–Trinajstić information content (AvgIpc) is 2.47. The van der Waals surface area contributed by atoms with Gasteiger partial charge in [0.05, 0.1) is 0 Å². The Morgan fingerprint density at radius 2 is 2.31 bits per heavy atom. The number of aryl methyl sites for hydroxylation is 1. The van der Waals surface area contributed by atoms with Crippen molar-refractivity contribution < 1.29 is 4.39 Å². The molecule has 0 radical (unpaired) electrons. The van der Waals surface area contributed by atoms with E-state index < -0.39 is 0 Å². The largest absolute Gasteiger partial charge is 0.326 e. The Morgan fingerprint density at radius 3 is 3.00 bits per heavy atom. The van der Waals surface area contributed by atoms with E-state index in [4.69, 9.17) is 5.73 Å². The molecule has 3 nitrogen and oxygen atoms in total. The number of fused-ring (bicyclic) bond motifs is 1. The molecule has 0 amide bonds. The number of hydrogen-bond acceptors (Lipinski definition) is 2. The third-order valence-electron chi connectivity index (χ3n) is 2.03. The number of hydrogen-bond donors (Lipinski definition) is 1. The quantitative estimate of drug-likeness (QED) is 0.714. The van der Waals surface area contributed by atoms with Crippen molar-refractivity contribution in [1.82, 2.24) is 9.78 Å². The van der Waals surface area contributed by atoms with Crippen molar-refractivity contribution in [3.8, 4) is 0 Å². The van der Waals surface area contributed by atoms with Gasteiger partial charge in [0.15, 0.2) is 5.82 Å². The number of rotatable bonds is 1. The van der Waals surface area contributed by atoms with Crippen LogP contribution in [0.4, 0.5) is 4.39 Å². The first kappa shape index (κ1) is 8.19. The number of benzene rings is 1. The fraction of sp³-hybridized carbons (Fsp3) is 0.222. The number of aromatic nitrogens is 2. The summed E-state index contributed by atoms with van der Waals surface area (Å²) in [5, 5.41) is 4.81. The van der Waals surface area contributed by atoms with Crippen LogP contribution in [-0.4, -0.2) is 9.78 Å². The minimum absolute atomic E-state index is 0.207. The maximum absolute atomic E-state index is 13.5. The second-order valence-electron chi connectivity index (χ2n) is 2.98. The van der Waals surface area contributed by atoms with Crippen molar-refractivity contribution in [2.45, 2.75) is 6.54 Å². The first-order valence-electron chi connectivity index (χ1n) is 4.03. The first-order chi connectivity index (χ1) is 6.22. The highest BCUT2D eigenvalue weighted by atomic mass is 19.1. The Kier molecular flexibility index (Phi) is 1.77. The Morgan fingerprint density at radius 1 is 1.54 bits per heavy atom.